The number of amides is 8. The molecule has 13 N–H and O–H groups in total. The van der Waals surface area contributed by atoms with Crippen LogP contribution in [0.3, 0.4) is 0 Å². The third-order valence-electron chi connectivity index (χ3n) is 13.3. The predicted molar refractivity (Wildman–Crippen MR) is 276 cm³/mol. The number of hydrogen-bond donors (Lipinski definition) is 11. The van der Waals surface area contributed by atoms with Crippen LogP contribution in [0.15, 0.2) is 30.3 Å². The lowest BCUT2D eigenvalue weighted by atomic mass is 9.97. The van der Waals surface area contributed by atoms with Gasteiger partial charge in [0.25, 0.3) is 0 Å². The van der Waals surface area contributed by atoms with Crippen LogP contribution in [0, 0.1) is 11.8 Å². The van der Waals surface area contributed by atoms with Gasteiger partial charge in [0.1, 0.15) is 48.3 Å². The van der Waals surface area contributed by atoms with Crippen molar-refractivity contribution in [3.63, 3.8) is 0 Å². The molecular formula is C50H80N10O13S. The van der Waals surface area contributed by atoms with Crippen LogP contribution in [0.1, 0.15) is 111 Å². The highest BCUT2D eigenvalue weighted by Crippen LogP contribution is 2.23. The van der Waals surface area contributed by atoms with Crippen LogP contribution in [0.25, 0.3) is 0 Å². The highest BCUT2D eigenvalue weighted by Gasteiger charge is 2.42. The second kappa shape index (κ2) is 31.1. The Bertz CT molecular complexity index is 2080. The zero-order valence-electron chi connectivity index (χ0n) is 43.5. The van der Waals surface area contributed by atoms with Crippen molar-refractivity contribution in [3.8, 4) is 0 Å². The highest BCUT2D eigenvalue weighted by atomic mass is 32.2. The van der Waals surface area contributed by atoms with E-state index in [1.807, 2.05) is 13.8 Å². The Morgan fingerprint density at radius 1 is 0.689 bits per heavy atom. The average Bonchev–Trinajstić information content (AvgIpc) is 4.06. The summed E-state index contributed by atoms with van der Waals surface area (Å²) >= 11 is 1.39. The quantitative estimate of drug-likeness (QED) is 0.0412. The van der Waals surface area contributed by atoms with Crippen LogP contribution >= 0.6 is 11.8 Å². The van der Waals surface area contributed by atoms with Gasteiger partial charge in [0, 0.05) is 19.5 Å². The van der Waals surface area contributed by atoms with Crippen LogP contribution in [-0.2, 0) is 54.4 Å². The molecule has 0 saturated carbocycles. The number of thioether (sulfide) groups is 1. The molecule has 0 bridgehead atoms. The first-order valence-corrected chi connectivity index (χ1v) is 27.0. The van der Waals surface area contributed by atoms with Gasteiger partial charge in [0.15, 0.2) is 0 Å². The largest absolute Gasteiger partial charge is 0.481 e. The topological polar surface area (TPSA) is 362 Å². The molecule has 2 heterocycles. The first-order chi connectivity index (χ1) is 35.0. The SMILES string of the molecule is CC[C@H](C)[C@H](NC(=O)[C@@H](NC(=O)[C@@H]1CCCN1C(=O)[C@H](CCCCN)NC(=O)[C@H](CC(=O)O)NC(=O)[C@H](Cc1ccccc1)NC(=O)[C@@H]1CCCN1C(=O)[C@@H](N)CC(C)C)[C@@H](C)O)C(=O)N[C@@H](CCSC)C(=O)O. The smallest absolute Gasteiger partial charge is 0.326 e. The van der Waals surface area contributed by atoms with Gasteiger partial charge < -0.3 is 68.5 Å². The normalized spacial score (nSPS) is 19.1. The Morgan fingerprint density at radius 2 is 1.24 bits per heavy atom. The standard InChI is InChI=1S/C50H80N10O13S/c1-7-29(4)40(46(68)54-34(50(72)73)20-24-74-6)57-47(69)41(30(5)61)58-45(67)38-19-14-23-60(38)49(71)33(17-11-12-21-51)53-43(65)36(27-39(62)63)55-42(64)35(26-31-15-9-8-10-16-31)56-44(66)37-18-13-22-59(37)48(70)32(52)25-28(2)3/h8-10,15-16,28-30,32-38,40-41,61H,7,11-14,17-27,51-52H2,1-6H3,(H,53,65)(H,54,68)(H,55,64)(H,56,66)(H,57,69)(H,58,67)(H,62,63)(H,72,73)/t29-,30+,32-,33-,34-,35-,36-,37-,38-,40-,41-/m0/s1. The number of hydrogen-bond acceptors (Lipinski definition) is 14. The molecule has 24 heteroatoms. The van der Waals surface area contributed by atoms with E-state index in [1.54, 1.807) is 50.4 Å². The lowest BCUT2D eigenvalue weighted by Gasteiger charge is -2.32. The van der Waals surface area contributed by atoms with Crippen molar-refractivity contribution in [3.05, 3.63) is 35.9 Å². The number of aliphatic hydroxyl groups excluding tert-OH is 1. The average molecular weight is 1060 g/mol. The van der Waals surface area contributed by atoms with E-state index in [1.165, 1.54) is 28.5 Å². The summed E-state index contributed by atoms with van der Waals surface area (Å²) in [4.78, 5) is 138. The molecule has 3 rings (SSSR count). The fourth-order valence-electron chi connectivity index (χ4n) is 8.99. The number of carbonyl (C=O) groups excluding carboxylic acids is 8. The molecule has 74 heavy (non-hydrogen) atoms. The number of nitrogens with two attached hydrogens (primary N) is 2. The van der Waals surface area contributed by atoms with Gasteiger partial charge in [0.05, 0.1) is 18.6 Å². The maximum Gasteiger partial charge on any atom is 0.326 e. The summed E-state index contributed by atoms with van der Waals surface area (Å²) < 4.78 is 0. The van der Waals surface area contributed by atoms with E-state index in [2.05, 4.69) is 31.9 Å². The van der Waals surface area contributed by atoms with Gasteiger partial charge in [-0.25, -0.2) is 4.79 Å². The molecule has 1 aromatic carbocycles. The fraction of sp³-hybridized carbons (Fsp3) is 0.680. The number of rotatable bonds is 31. The second-order valence-corrected chi connectivity index (χ2v) is 20.6. The highest BCUT2D eigenvalue weighted by molar-refractivity contribution is 7.98. The monoisotopic (exact) mass is 1060 g/mol. The molecule has 11 atom stereocenters. The molecule has 0 radical (unpaired) electrons. The van der Waals surface area contributed by atoms with E-state index < -0.39 is 132 Å². The van der Waals surface area contributed by atoms with Crippen molar-refractivity contribution in [2.75, 3.05) is 31.6 Å². The van der Waals surface area contributed by atoms with Gasteiger partial charge in [-0.15, -0.1) is 0 Å². The van der Waals surface area contributed by atoms with Gasteiger partial charge in [-0.05, 0) is 101 Å². The molecule has 0 aromatic heterocycles. The third-order valence-corrected chi connectivity index (χ3v) is 13.9. The Hall–Kier alpha value is -5.85. The number of aliphatic hydroxyl groups is 1. The van der Waals surface area contributed by atoms with Gasteiger partial charge in [-0.1, -0.05) is 64.4 Å². The summed E-state index contributed by atoms with van der Waals surface area (Å²) in [6.07, 6.45) is 2.15. The minimum absolute atomic E-state index is 0.0116. The number of carbonyl (C=O) groups is 10. The Labute approximate surface area is 437 Å². The number of carboxylic acid groups (broad SMARTS) is 2. The van der Waals surface area contributed by atoms with E-state index in [0.29, 0.717) is 56.3 Å². The molecule has 1 aromatic rings. The predicted octanol–water partition coefficient (Wildman–Crippen LogP) is -0.638. The van der Waals surface area contributed by atoms with Crippen LogP contribution in [0.2, 0.25) is 0 Å². The number of benzene rings is 1. The molecule has 414 valence electrons. The van der Waals surface area contributed by atoms with E-state index in [9.17, 15) is 63.3 Å². The second-order valence-electron chi connectivity index (χ2n) is 19.7. The number of nitrogens with one attached hydrogen (secondary N) is 6. The van der Waals surface area contributed by atoms with Crippen molar-refractivity contribution < 1.29 is 63.3 Å². The van der Waals surface area contributed by atoms with Gasteiger partial charge in [-0.3, -0.25) is 43.2 Å². The zero-order valence-corrected chi connectivity index (χ0v) is 44.3. The van der Waals surface area contributed by atoms with Gasteiger partial charge >= 0.3 is 11.9 Å². The molecule has 0 aliphatic carbocycles. The number of aliphatic carboxylic acids is 2. The molecule has 8 amide bonds. The maximum absolute atomic E-state index is 14.5. The fourth-order valence-corrected chi connectivity index (χ4v) is 9.46. The van der Waals surface area contributed by atoms with Crippen molar-refractivity contribution in [2.45, 2.75) is 172 Å². The molecule has 2 aliphatic heterocycles. The lowest BCUT2D eigenvalue weighted by molar-refractivity contribution is -0.144. The van der Waals surface area contributed by atoms with Crippen LogP contribution in [0.5, 0.6) is 0 Å². The van der Waals surface area contributed by atoms with Crippen molar-refractivity contribution in [1.29, 1.82) is 0 Å². The number of unbranched alkanes of at least 4 members (excludes halogenated alkanes) is 1. The summed E-state index contributed by atoms with van der Waals surface area (Å²) in [7, 11) is 0. The van der Waals surface area contributed by atoms with Crippen LogP contribution in [-0.4, -0.2) is 176 Å². The summed E-state index contributed by atoms with van der Waals surface area (Å²) in [5, 5.41) is 45.8. The molecular weight excluding hydrogens is 981 g/mol. The Balaban J connectivity index is 1.85. The summed E-state index contributed by atoms with van der Waals surface area (Å²) in [5.74, 6) is -8.93. The van der Waals surface area contributed by atoms with Gasteiger partial charge in [0.2, 0.25) is 47.3 Å². The number of nitrogens with zero attached hydrogens (tertiary/aromatic N) is 2. The first-order valence-electron chi connectivity index (χ1n) is 25.6. The van der Waals surface area contributed by atoms with Crippen molar-refractivity contribution in [2.24, 2.45) is 23.3 Å². The summed E-state index contributed by atoms with van der Waals surface area (Å²) in [6, 6.07) is -2.94. The van der Waals surface area contributed by atoms with E-state index in [-0.39, 0.29) is 51.2 Å². The molecule has 0 unspecified atom stereocenters. The molecule has 0 spiro atoms. The minimum Gasteiger partial charge on any atom is -0.481 e. The van der Waals surface area contributed by atoms with Crippen LogP contribution < -0.4 is 43.4 Å². The zero-order chi connectivity index (χ0) is 55.2. The van der Waals surface area contributed by atoms with E-state index in [4.69, 9.17) is 11.5 Å². The summed E-state index contributed by atoms with van der Waals surface area (Å²) in [6.45, 7) is 9.07. The minimum atomic E-state index is -1.77. The van der Waals surface area contributed by atoms with E-state index >= 15 is 0 Å². The number of likely N-dealkylation sites (tertiary alicyclic amines) is 2. The third kappa shape index (κ3) is 19.1. The number of carboxylic acids is 2. The Morgan fingerprint density at radius 3 is 1.78 bits per heavy atom. The first kappa shape index (κ1) is 62.4. The van der Waals surface area contributed by atoms with Crippen molar-refractivity contribution in [1.82, 2.24) is 41.7 Å². The molecule has 23 nitrogen and oxygen atoms in total. The van der Waals surface area contributed by atoms with Crippen LogP contribution in [0.4, 0.5) is 0 Å². The van der Waals surface area contributed by atoms with Crippen molar-refractivity contribution >= 4 is 71.0 Å². The lowest BCUT2D eigenvalue weighted by Crippen LogP contribution is -2.62. The maximum atomic E-state index is 14.5. The molecule has 2 fully saturated rings. The molecule has 2 aliphatic rings. The van der Waals surface area contributed by atoms with E-state index in [0.717, 1.165) is 0 Å². The molecule has 2 saturated heterocycles. The van der Waals surface area contributed by atoms with Gasteiger partial charge in [-0.2, -0.15) is 11.8 Å². The summed E-state index contributed by atoms with van der Waals surface area (Å²) in [5.41, 5.74) is 12.6. The Kier molecular flexibility index (Phi) is 26.3.